The SMILES string of the molecule is CC1(C)CCN(C(=O)c2sc3cccc(Cl)c3c2N)CC1. The number of fused-ring (bicyclic) bond motifs is 1. The molecule has 21 heavy (non-hydrogen) atoms. The van der Waals surface area contributed by atoms with Crippen LogP contribution in [0.2, 0.25) is 5.02 Å². The van der Waals surface area contributed by atoms with Crippen LogP contribution in [0.1, 0.15) is 36.4 Å². The monoisotopic (exact) mass is 322 g/mol. The number of hydrogen-bond donors (Lipinski definition) is 1. The third kappa shape index (κ3) is 2.62. The third-order valence-corrected chi connectivity index (χ3v) is 5.77. The van der Waals surface area contributed by atoms with Gasteiger partial charge < -0.3 is 10.6 Å². The van der Waals surface area contributed by atoms with Crippen molar-refractivity contribution in [1.29, 1.82) is 0 Å². The van der Waals surface area contributed by atoms with Gasteiger partial charge >= 0.3 is 0 Å². The summed E-state index contributed by atoms with van der Waals surface area (Å²) < 4.78 is 0.973. The van der Waals surface area contributed by atoms with Gasteiger partial charge in [0.05, 0.1) is 10.7 Å². The maximum absolute atomic E-state index is 12.7. The molecule has 1 aromatic carbocycles. The number of nitrogens with two attached hydrogens (primary N) is 1. The van der Waals surface area contributed by atoms with Crippen LogP contribution >= 0.6 is 22.9 Å². The summed E-state index contributed by atoms with van der Waals surface area (Å²) in [6.07, 6.45) is 2.06. The van der Waals surface area contributed by atoms with Crippen LogP contribution in [-0.2, 0) is 0 Å². The highest BCUT2D eigenvalue weighted by molar-refractivity contribution is 7.21. The molecule has 0 saturated carbocycles. The van der Waals surface area contributed by atoms with Crippen molar-refractivity contribution in [3.8, 4) is 0 Å². The zero-order chi connectivity index (χ0) is 15.2. The number of carbonyl (C=O) groups is 1. The van der Waals surface area contributed by atoms with Crippen molar-refractivity contribution in [3.05, 3.63) is 28.1 Å². The molecule has 0 bridgehead atoms. The molecule has 1 fully saturated rings. The number of piperidine rings is 1. The molecular weight excluding hydrogens is 304 g/mol. The number of halogens is 1. The number of benzene rings is 1. The number of rotatable bonds is 1. The second-order valence-electron chi connectivity index (χ2n) is 6.41. The maximum atomic E-state index is 12.7. The van der Waals surface area contributed by atoms with Crippen LogP contribution in [0.3, 0.4) is 0 Å². The first-order valence-corrected chi connectivity index (χ1v) is 8.34. The predicted octanol–water partition coefficient (Wildman–Crippen LogP) is 4.40. The second-order valence-corrected chi connectivity index (χ2v) is 7.87. The molecule has 1 aliphatic rings. The minimum Gasteiger partial charge on any atom is -0.397 e. The first-order chi connectivity index (χ1) is 9.89. The number of amides is 1. The normalized spacial score (nSPS) is 18.1. The van der Waals surface area contributed by atoms with Crippen LogP contribution in [0.4, 0.5) is 5.69 Å². The van der Waals surface area contributed by atoms with E-state index in [9.17, 15) is 4.79 Å². The zero-order valence-electron chi connectivity index (χ0n) is 12.3. The van der Waals surface area contributed by atoms with Crippen LogP contribution in [-0.4, -0.2) is 23.9 Å². The Morgan fingerprint density at radius 3 is 2.62 bits per heavy atom. The summed E-state index contributed by atoms with van der Waals surface area (Å²) in [6.45, 7) is 6.10. The molecular formula is C16H19ClN2OS. The van der Waals surface area contributed by atoms with Crippen LogP contribution in [0, 0.1) is 5.41 Å². The fourth-order valence-electron chi connectivity index (χ4n) is 2.75. The summed E-state index contributed by atoms with van der Waals surface area (Å²) in [7, 11) is 0. The lowest BCUT2D eigenvalue weighted by Gasteiger charge is -2.36. The number of nitrogens with zero attached hydrogens (tertiary/aromatic N) is 1. The van der Waals surface area contributed by atoms with Crippen LogP contribution in [0.25, 0.3) is 10.1 Å². The van der Waals surface area contributed by atoms with Gasteiger partial charge in [-0.1, -0.05) is 31.5 Å². The highest BCUT2D eigenvalue weighted by atomic mass is 35.5. The Balaban J connectivity index is 1.92. The first kappa shape index (κ1) is 14.7. The summed E-state index contributed by atoms with van der Waals surface area (Å²) in [5.41, 5.74) is 7.03. The molecule has 0 radical (unpaired) electrons. The van der Waals surface area contributed by atoms with E-state index in [1.807, 2.05) is 23.1 Å². The molecule has 1 aliphatic heterocycles. The van der Waals surface area contributed by atoms with E-state index in [0.717, 1.165) is 36.0 Å². The number of likely N-dealkylation sites (tertiary alicyclic amines) is 1. The standard InChI is InChI=1S/C16H19ClN2OS/c1-16(2)6-8-19(9-7-16)15(20)14-13(18)12-10(17)4-3-5-11(12)21-14/h3-5H,6-9,18H2,1-2H3. The Bertz CT molecular complexity index is 698. The zero-order valence-corrected chi connectivity index (χ0v) is 13.9. The van der Waals surface area contributed by atoms with Gasteiger partial charge in [-0.2, -0.15) is 0 Å². The third-order valence-electron chi connectivity index (χ3n) is 4.30. The smallest absolute Gasteiger partial charge is 0.266 e. The molecule has 1 saturated heterocycles. The van der Waals surface area contributed by atoms with Crippen molar-refractivity contribution in [1.82, 2.24) is 4.90 Å². The van der Waals surface area contributed by atoms with Gasteiger partial charge in [-0.05, 0) is 30.4 Å². The minimum atomic E-state index is 0.0419. The van der Waals surface area contributed by atoms with E-state index < -0.39 is 0 Å². The van der Waals surface area contributed by atoms with Gasteiger partial charge in [-0.25, -0.2) is 0 Å². The highest BCUT2D eigenvalue weighted by Crippen LogP contribution is 2.39. The van der Waals surface area contributed by atoms with Crippen molar-refractivity contribution in [2.24, 2.45) is 5.41 Å². The molecule has 2 N–H and O–H groups in total. The van der Waals surface area contributed by atoms with Gasteiger partial charge in [-0.3, -0.25) is 4.79 Å². The van der Waals surface area contributed by atoms with Crippen LogP contribution < -0.4 is 5.73 Å². The molecule has 2 heterocycles. The van der Waals surface area contributed by atoms with Gasteiger partial charge in [-0.15, -0.1) is 11.3 Å². The number of nitrogen functional groups attached to an aromatic ring is 1. The van der Waals surface area contributed by atoms with Crippen molar-refractivity contribution in [3.63, 3.8) is 0 Å². The minimum absolute atomic E-state index is 0.0419. The predicted molar refractivity (Wildman–Crippen MR) is 90.2 cm³/mol. The van der Waals surface area contributed by atoms with E-state index in [4.69, 9.17) is 17.3 Å². The van der Waals surface area contributed by atoms with Crippen molar-refractivity contribution in [2.75, 3.05) is 18.8 Å². The average molecular weight is 323 g/mol. The summed E-state index contributed by atoms with van der Waals surface area (Å²) >= 11 is 7.64. The topological polar surface area (TPSA) is 46.3 Å². The first-order valence-electron chi connectivity index (χ1n) is 7.15. The summed E-state index contributed by atoms with van der Waals surface area (Å²) in [5, 5.41) is 1.42. The van der Waals surface area contributed by atoms with E-state index in [0.29, 0.717) is 21.0 Å². The van der Waals surface area contributed by atoms with Gasteiger partial charge in [0.15, 0.2) is 0 Å². The average Bonchev–Trinajstić information content (AvgIpc) is 2.77. The van der Waals surface area contributed by atoms with E-state index in [-0.39, 0.29) is 5.91 Å². The Labute approximate surface area is 133 Å². The summed E-state index contributed by atoms with van der Waals surface area (Å²) in [4.78, 5) is 15.3. The quantitative estimate of drug-likeness (QED) is 0.845. The van der Waals surface area contributed by atoms with Gasteiger partial charge in [0.2, 0.25) is 0 Å². The molecule has 1 amide bonds. The van der Waals surface area contributed by atoms with Crippen molar-refractivity contribution in [2.45, 2.75) is 26.7 Å². The molecule has 1 aromatic heterocycles. The lowest BCUT2D eigenvalue weighted by molar-refractivity contribution is 0.0636. The Morgan fingerprint density at radius 1 is 1.33 bits per heavy atom. The fourth-order valence-corrected chi connectivity index (χ4v) is 4.20. The maximum Gasteiger partial charge on any atom is 0.266 e. The second kappa shape index (κ2) is 5.18. The molecule has 0 aliphatic carbocycles. The number of hydrogen-bond acceptors (Lipinski definition) is 3. The van der Waals surface area contributed by atoms with Gasteiger partial charge in [0, 0.05) is 23.2 Å². The van der Waals surface area contributed by atoms with Gasteiger partial charge in [0.1, 0.15) is 4.88 Å². The Hall–Kier alpha value is -1.26. The fraction of sp³-hybridized carbons (Fsp3) is 0.438. The molecule has 3 nitrogen and oxygen atoms in total. The molecule has 0 spiro atoms. The number of thiophene rings is 1. The van der Waals surface area contributed by atoms with E-state index in [1.54, 1.807) is 0 Å². The number of anilines is 1. The van der Waals surface area contributed by atoms with E-state index in [1.165, 1.54) is 11.3 Å². The Morgan fingerprint density at radius 2 is 2.00 bits per heavy atom. The summed E-state index contributed by atoms with van der Waals surface area (Å²) in [6, 6.07) is 5.65. The highest BCUT2D eigenvalue weighted by Gasteiger charge is 2.30. The molecule has 3 rings (SSSR count). The number of carbonyl (C=O) groups excluding carboxylic acids is 1. The molecule has 5 heteroatoms. The lowest BCUT2D eigenvalue weighted by Crippen LogP contribution is -2.41. The van der Waals surface area contributed by atoms with Crippen LogP contribution in [0.5, 0.6) is 0 Å². The van der Waals surface area contributed by atoms with Crippen LogP contribution in [0.15, 0.2) is 18.2 Å². The lowest BCUT2D eigenvalue weighted by atomic mass is 9.82. The molecule has 112 valence electrons. The Kier molecular flexibility index (Phi) is 3.62. The van der Waals surface area contributed by atoms with Crippen molar-refractivity contribution < 1.29 is 4.79 Å². The van der Waals surface area contributed by atoms with E-state index in [2.05, 4.69) is 13.8 Å². The molecule has 2 aromatic rings. The largest absolute Gasteiger partial charge is 0.397 e. The molecule has 0 atom stereocenters. The van der Waals surface area contributed by atoms with E-state index >= 15 is 0 Å². The van der Waals surface area contributed by atoms with Crippen molar-refractivity contribution >= 4 is 44.6 Å². The van der Waals surface area contributed by atoms with Gasteiger partial charge in [0.25, 0.3) is 5.91 Å². The summed E-state index contributed by atoms with van der Waals surface area (Å²) in [5.74, 6) is 0.0419. The molecule has 0 unspecified atom stereocenters.